The molecule has 0 aliphatic rings. The molecule has 19 heavy (non-hydrogen) atoms. The summed E-state index contributed by atoms with van der Waals surface area (Å²) in [6, 6.07) is 3.48. The van der Waals surface area contributed by atoms with Gasteiger partial charge in [0.15, 0.2) is 5.78 Å². The molecular weight excluding hydrogens is 238 g/mol. The van der Waals surface area contributed by atoms with E-state index in [1.165, 1.54) is 0 Å². The maximum Gasteiger partial charge on any atom is 0.166 e. The summed E-state index contributed by atoms with van der Waals surface area (Å²) in [4.78, 5) is 16.1. The second kappa shape index (κ2) is 6.66. The molecule has 0 aliphatic carbocycles. The van der Waals surface area contributed by atoms with Crippen LogP contribution in [0.3, 0.4) is 0 Å². The van der Waals surface area contributed by atoms with E-state index in [1.54, 1.807) is 18.3 Å². The molecule has 0 aromatic carbocycles. The van der Waals surface area contributed by atoms with Crippen molar-refractivity contribution in [1.82, 2.24) is 4.98 Å². The van der Waals surface area contributed by atoms with Gasteiger partial charge in [-0.25, -0.2) is 4.98 Å². The molecule has 0 aliphatic heterocycles. The Hall–Kier alpha value is -1.42. The van der Waals surface area contributed by atoms with Crippen molar-refractivity contribution in [2.24, 2.45) is 17.1 Å². The summed E-state index contributed by atoms with van der Waals surface area (Å²) in [6.07, 6.45) is 3.88. The van der Waals surface area contributed by atoms with Crippen molar-refractivity contribution < 1.29 is 4.79 Å². The molecule has 0 bridgehead atoms. The lowest BCUT2D eigenvalue weighted by molar-refractivity contribution is 0.0958. The fourth-order valence-electron chi connectivity index (χ4n) is 2.30. The summed E-state index contributed by atoms with van der Waals surface area (Å²) in [7, 11) is 0. The zero-order valence-electron chi connectivity index (χ0n) is 12.1. The molecule has 4 heteroatoms. The number of pyridine rings is 1. The Bertz CT molecular complexity index is 424. The summed E-state index contributed by atoms with van der Waals surface area (Å²) < 4.78 is 0. The van der Waals surface area contributed by atoms with Gasteiger partial charge in [-0.1, -0.05) is 20.8 Å². The molecule has 1 aromatic rings. The van der Waals surface area contributed by atoms with Gasteiger partial charge in [-0.05, 0) is 42.9 Å². The minimum Gasteiger partial charge on any atom is -0.383 e. The largest absolute Gasteiger partial charge is 0.383 e. The Kier molecular flexibility index (Phi) is 5.48. The lowest BCUT2D eigenvalue weighted by Crippen LogP contribution is -2.24. The van der Waals surface area contributed by atoms with Gasteiger partial charge in [0.25, 0.3) is 0 Å². The van der Waals surface area contributed by atoms with Crippen LogP contribution in [0.5, 0.6) is 0 Å². The summed E-state index contributed by atoms with van der Waals surface area (Å²) in [5.41, 5.74) is 12.1. The van der Waals surface area contributed by atoms with Crippen LogP contribution in [0, 0.1) is 11.3 Å². The van der Waals surface area contributed by atoms with E-state index in [2.05, 4.69) is 25.8 Å². The summed E-state index contributed by atoms with van der Waals surface area (Å²) in [5.74, 6) is 0.829. The summed E-state index contributed by atoms with van der Waals surface area (Å²) in [6.45, 7) is 7.23. The smallest absolute Gasteiger partial charge is 0.166 e. The topological polar surface area (TPSA) is 82.0 Å². The Balaban J connectivity index is 2.65. The Morgan fingerprint density at radius 1 is 1.37 bits per heavy atom. The van der Waals surface area contributed by atoms with Crippen molar-refractivity contribution in [3.8, 4) is 0 Å². The van der Waals surface area contributed by atoms with E-state index in [0.29, 0.717) is 30.3 Å². The van der Waals surface area contributed by atoms with E-state index in [4.69, 9.17) is 11.5 Å². The third-order valence-corrected chi connectivity index (χ3v) is 3.60. The van der Waals surface area contributed by atoms with E-state index < -0.39 is 0 Å². The van der Waals surface area contributed by atoms with Crippen molar-refractivity contribution in [2.45, 2.75) is 40.0 Å². The highest BCUT2D eigenvalue weighted by atomic mass is 16.1. The number of carbonyl (C=O) groups excluding carboxylic acids is 1. The van der Waals surface area contributed by atoms with Crippen LogP contribution in [0.2, 0.25) is 0 Å². The van der Waals surface area contributed by atoms with Gasteiger partial charge in [0, 0.05) is 12.6 Å². The Morgan fingerprint density at radius 3 is 2.58 bits per heavy atom. The van der Waals surface area contributed by atoms with Gasteiger partial charge in [0.2, 0.25) is 0 Å². The van der Waals surface area contributed by atoms with E-state index in [-0.39, 0.29) is 11.2 Å². The zero-order chi connectivity index (χ0) is 14.5. The molecule has 0 saturated heterocycles. The van der Waals surface area contributed by atoms with Crippen LogP contribution in [-0.4, -0.2) is 17.3 Å². The quantitative estimate of drug-likeness (QED) is 0.773. The molecule has 1 rings (SSSR count). The van der Waals surface area contributed by atoms with Gasteiger partial charge >= 0.3 is 0 Å². The van der Waals surface area contributed by atoms with Crippen LogP contribution in [0.1, 0.15) is 50.4 Å². The Labute approximate surface area is 115 Å². The number of rotatable bonds is 6. The Morgan fingerprint density at radius 2 is 2.05 bits per heavy atom. The number of aromatic nitrogens is 1. The first-order valence-corrected chi connectivity index (χ1v) is 6.80. The minimum absolute atomic E-state index is 0.0665. The summed E-state index contributed by atoms with van der Waals surface area (Å²) in [5, 5.41) is 0. The average Bonchev–Trinajstić information content (AvgIpc) is 2.33. The number of anilines is 1. The van der Waals surface area contributed by atoms with Crippen LogP contribution >= 0.6 is 0 Å². The number of nitrogens with zero attached hydrogens (tertiary/aromatic N) is 1. The highest BCUT2D eigenvalue weighted by Crippen LogP contribution is 2.32. The number of hydrogen-bond donors (Lipinski definition) is 2. The standard InChI is InChI=1S/C15H25N3O/c1-15(2,3)11(8-9-16)6-7-13(19)12-5-4-10-18-14(12)17/h4-5,10-11H,6-9,16H2,1-3H3,(H2,17,18). The maximum atomic E-state index is 12.1. The zero-order valence-corrected chi connectivity index (χ0v) is 12.1. The van der Waals surface area contributed by atoms with Crippen LogP contribution in [0.25, 0.3) is 0 Å². The molecule has 0 radical (unpaired) electrons. The first-order chi connectivity index (χ1) is 8.86. The molecule has 106 valence electrons. The second-order valence-corrected chi connectivity index (χ2v) is 6.04. The first-order valence-electron chi connectivity index (χ1n) is 6.80. The van der Waals surface area contributed by atoms with E-state index >= 15 is 0 Å². The van der Waals surface area contributed by atoms with E-state index in [9.17, 15) is 4.79 Å². The van der Waals surface area contributed by atoms with Gasteiger partial charge in [0.05, 0.1) is 5.56 Å². The fraction of sp³-hybridized carbons (Fsp3) is 0.600. The number of nitrogen functional groups attached to an aromatic ring is 1. The highest BCUT2D eigenvalue weighted by Gasteiger charge is 2.24. The molecule has 1 atom stereocenters. The summed E-state index contributed by atoms with van der Waals surface area (Å²) >= 11 is 0. The predicted octanol–water partition coefficient (Wildman–Crippen LogP) is 2.64. The van der Waals surface area contributed by atoms with Gasteiger partial charge in [0.1, 0.15) is 5.82 Å². The number of nitrogens with two attached hydrogens (primary N) is 2. The van der Waals surface area contributed by atoms with Gasteiger partial charge in [-0.15, -0.1) is 0 Å². The van der Waals surface area contributed by atoms with Gasteiger partial charge < -0.3 is 11.5 Å². The maximum absolute atomic E-state index is 12.1. The van der Waals surface area contributed by atoms with E-state index in [0.717, 1.165) is 12.8 Å². The normalized spacial score (nSPS) is 13.3. The molecule has 4 nitrogen and oxygen atoms in total. The van der Waals surface area contributed by atoms with Crippen LogP contribution in [-0.2, 0) is 0 Å². The van der Waals surface area contributed by atoms with Crippen LogP contribution in [0.4, 0.5) is 5.82 Å². The fourth-order valence-corrected chi connectivity index (χ4v) is 2.30. The molecule has 4 N–H and O–H groups in total. The van der Waals surface area contributed by atoms with Crippen LogP contribution in [0.15, 0.2) is 18.3 Å². The van der Waals surface area contributed by atoms with Gasteiger partial charge in [-0.2, -0.15) is 0 Å². The minimum atomic E-state index is 0.0665. The molecule has 1 unspecified atom stereocenters. The molecule has 0 fully saturated rings. The van der Waals surface area contributed by atoms with Crippen molar-refractivity contribution >= 4 is 11.6 Å². The van der Waals surface area contributed by atoms with Crippen molar-refractivity contribution in [3.63, 3.8) is 0 Å². The second-order valence-electron chi connectivity index (χ2n) is 6.04. The van der Waals surface area contributed by atoms with Crippen molar-refractivity contribution in [3.05, 3.63) is 23.9 Å². The molecule has 0 spiro atoms. The van der Waals surface area contributed by atoms with Crippen molar-refractivity contribution in [2.75, 3.05) is 12.3 Å². The lowest BCUT2D eigenvalue weighted by Gasteiger charge is -2.30. The number of hydrogen-bond acceptors (Lipinski definition) is 4. The van der Waals surface area contributed by atoms with Crippen molar-refractivity contribution in [1.29, 1.82) is 0 Å². The van der Waals surface area contributed by atoms with Crippen LogP contribution < -0.4 is 11.5 Å². The third kappa shape index (κ3) is 4.63. The molecule has 1 heterocycles. The monoisotopic (exact) mass is 263 g/mol. The molecular formula is C15H25N3O. The molecule has 0 saturated carbocycles. The number of carbonyl (C=O) groups is 1. The molecule has 1 aromatic heterocycles. The number of Topliss-reactive ketones (excluding diaryl/α,β-unsaturated/α-hetero) is 1. The molecule has 0 amide bonds. The SMILES string of the molecule is CC(C)(C)C(CCN)CCC(=O)c1cccnc1N. The van der Waals surface area contributed by atoms with Gasteiger partial charge in [-0.3, -0.25) is 4.79 Å². The van der Waals surface area contributed by atoms with E-state index in [1.807, 2.05) is 0 Å². The lowest BCUT2D eigenvalue weighted by atomic mass is 9.76. The third-order valence-electron chi connectivity index (χ3n) is 3.60. The first kappa shape index (κ1) is 15.6. The number of ketones is 1. The average molecular weight is 263 g/mol. The highest BCUT2D eigenvalue weighted by molar-refractivity contribution is 5.99. The predicted molar refractivity (Wildman–Crippen MR) is 78.8 cm³/mol.